The summed E-state index contributed by atoms with van der Waals surface area (Å²) in [6.07, 6.45) is -0.565. The van der Waals surface area contributed by atoms with Crippen molar-refractivity contribution in [2.75, 3.05) is 83.3 Å². The van der Waals surface area contributed by atoms with E-state index in [9.17, 15) is 4.79 Å². The monoisotopic (exact) mass is 460 g/mol. The minimum Gasteiger partial charge on any atom is -0.491 e. The van der Waals surface area contributed by atoms with Gasteiger partial charge in [0.25, 0.3) is 0 Å². The summed E-state index contributed by atoms with van der Waals surface area (Å²) in [6, 6.07) is 14.5. The minimum atomic E-state index is -0.565. The normalized spacial score (nSPS) is 13.5. The maximum Gasteiger partial charge on any atom is 0.417 e. The molecule has 0 atom stereocenters. The fourth-order valence-corrected chi connectivity index (χ4v) is 3.20. The Morgan fingerprint density at radius 2 is 1.61 bits per heavy atom. The predicted octanol–water partition coefficient (Wildman–Crippen LogP) is 3.19. The molecule has 0 aromatic heterocycles. The minimum absolute atomic E-state index is 0.378. The van der Waals surface area contributed by atoms with Crippen molar-refractivity contribution in [1.29, 1.82) is 0 Å². The van der Waals surface area contributed by atoms with E-state index in [1.54, 1.807) is 25.3 Å². The Balaban J connectivity index is 1.54. The van der Waals surface area contributed by atoms with E-state index in [1.165, 1.54) is 0 Å². The van der Waals surface area contributed by atoms with Crippen LogP contribution in [0.1, 0.15) is 0 Å². The van der Waals surface area contributed by atoms with Gasteiger partial charge in [0.1, 0.15) is 18.1 Å². The highest BCUT2D eigenvalue weighted by atomic mass is 16.6. The maximum absolute atomic E-state index is 12.5. The second-order valence-corrected chi connectivity index (χ2v) is 7.17. The highest BCUT2D eigenvalue weighted by molar-refractivity contribution is 5.91. The molecule has 1 fully saturated rings. The first kappa shape index (κ1) is 24.8. The summed E-state index contributed by atoms with van der Waals surface area (Å²) < 4.78 is 32.4. The number of benzene rings is 2. The molecule has 0 bridgehead atoms. The lowest BCUT2D eigenvalue weighted by Crippen LogP contribution is -2.36. The highest BCUT2D eigenvalue weighted by Gasteiger charge is 2.18. The fraction of sp³-hybridized carbons (Fsp3) is 0.458. The molecule has 1 saturated heterocycles. The molecular formula is C24H32N2O7. The molecule has 0 aliphatic carbocycles. The van der Waals surface area contributed by atoms with Gasteiger partial charge < -0.3 is 33.3 Å². The Labute approximate surface area is 194 Å². The van der Waals surface area contributed by atoms with E-state index in [1.807, 2.05) is 30.3 Å². The van der Waals surface area contributed by atoms with E-state index in [0.717, 1.165) is 18.8 Å². The van der Waals surface area contributed by atoms with E-state index < -0.39 is 6.09 Å². The van der Waals surface area contributed by atoms with Crippen LogP contribution >= 0.6 is 0 Å². The van der Waals surface area contributed by atoms with Crippen molar-refractivity contribution in [3.63, 3.8) is 0 Å². The molecule has 0 saturated carbocycles. The molecule has 0 spiro atoms. The van der Waals surface area contributed by atoms with E-state index in [0.29, 0.717) is 70.0 Å². The molecule has 33 heavy (non-hydrogen) atoms. The number of hydrogen-bond donors (Lipinski definition) is 1. The smallest absolute Gasteiger partial charge is 0.417 e. The molecule has 2 aromatic rings. The zero-order chi connectivity index (χ0) is 23.1. The molecule has 2 aromatic carbocycles. The van der Waals surface area contributed by atoms with Crippen LogP contribution in [0.4, 0.5) is 16.2 Å². The lowest BCUT2D eigenvalue weighted by atomic mass is 10.2. The van der Waals surface area contributed by atoms with Gasteiger partial charge >= 0.3 is 6.09 Å². The van der Waals surface area contributed by atoms with Gasteiger partial charge in [-0.3, -0.25) is 5.32 Å². The van der Waals surface area contributed by atoms with Crippen LogP contribution in [0.15, 0.2) is 48.5 Å². The zero-order valence-electron chi connectivity index (χ0n) is 19.0. The van der Waals surface area contributed by atoms with Crippen molar-refractivity contribution < 1.29 is 33.2 Å². The lowest BCUT2D eigenvalue weighted by Gasteiger charge is -2.30. The van der Waals surface area contributed by atoms with Crippen LogP contribution in [0.5, 0.6) is 11.5 Å². The first-order valence-corrected chi connectivity index (χ1v) is 11.0. The lowest BCUT2D eigenvalue weighted by molar-refractivity contribution is 0.0180. The van der Waals surface area contributed by atoms with E-state index in [4.69, 9.17) is 28.4 Å². The number of rotatable bonds is 13. The molecule has 9 nitrogen and oxygen atoms in total. The van der Waals surface area contributed by atoms with Crippen LogP contribution in [-0.4, -0.2) is 79.1 Å². The molecule has 3 rings (SSSR count). The summed E-state index contributed by atoms with van der Waals surface area (Å²) in [5.41, 5.74) is 1.50. The molecule has 180 valence electrons. The van der Waals surface area contributed by atoms with Gasteiger partial charge in [-0.15, -0.1) is 0 Å². The number of methoxy groups -OCH3 is 1. The number of anilines is 2. The van der Waals surface area contributed by atoms with Crippen molar-refractivity contribution in [2.24, 2.45) is 0 Å². The number of amides is 1. The van der Waals surface area contributed by atoms with Crippen molar-refractivity contribution in [3.8, 4) is 11.5 Å². The molecule has 9 heteroatoms. The number of carbonyl (C=O) groups excluding carboxylic acids is 1. The maximum atomic E-state index is 12.5. The SMILES string of the molecule is COCCOCCOCCOc1ccc(N2CCOCC2)c(NC(=O)Oc2ccccc2)c1. The molecule has 1 aliphatic rings. The van der Waals surface area contributed by atoms with Gasteiger partial charge in [-0.25, -0.2) is 4.79 Å². The van der Waals surface area contributed by atoms with Crippen molar-refractivity contribution in [3.05, 3.63) is 48.5 Å². The number of ether oxygens (including phenoxy) is 6. The Kier molecular flexibility index (Phi) is 10.8. The topological polar surface area (TPSA) is 87.7 Å². The van der Waals surface area contributed by atoms with E-state index in [-0.39, 0.29) is 0 Å². The summed E-state index contributed by atoms with van der Waals surface area (Å²) in [5, 5.41) is 2.85. The fourth-order valence-electron chi connectivity index (χ4n) is 3.20. The van der Waals surface area contributed by atoms with Gasteiger partial charge in [0.2, 0.25) is 0 Å². The molecule has 1 amide bonds. The predicted molar refractivity (Wildman–Crippen MR) is 125 cm³/mol. The number of nitrogens with zero attached hydrogens (tertiary/aromatic N) is 1. The number of hydrogen-bond acceptors (Lipinski definition) is 8. The third-order valence-corrected chi connectivity index (χ3v) is 4.81. The summed E-state index contributed by atoms with van der Waals surface area (Å²) in [7, 11) is 1.64. The van der Waals surface area contributed by atoms with Crippen LogP contribution in [0.25, 0.3) is 0 Å². The molecule has 1 heterocycles. The van der Waals surface area contributed by atoms with Crippen LogP contribution < -0.4 is 19.7 Å². The van der Waals surface area contributed by atoms with Crippen LogP contribution in [0.2, 0.25) is 0 Å². The third kappa shape index (κ3) is 8.89. The summed E-state index contributed by atoms with van der Waals surface area (Å²) in [4.78, 5) is 14.7. The van der Waals surface area contributed by atoms with Crippen LogP contribution in [0, 0.1) is 0 Å². The van der Waals surface area contributed by atoms with Gasteiger partial charge in [-0.1, -0.05) is 18.2 Å². The quantitative estimate of drug-likeness (QED) is 0.456. The number of para-hydroxylation sites is 1. The number of morpholine rings is 1. The largest absolute Gasteiger partial charge is 0.491 e. The van der Waals surface area contributed by atoms with E-state index in [2.05, 4.69) is 10.2 Å². The second-order valence-electron chi connectivity index (χ2n) is 7.17. The average Bonchev–Trinajstić information content (AvgIpc) is 2.84. The van der Waals surface area contributed by atoms with Gasteiger partial charge in [0.15, 0.2) is 0 Å². The molecule has 1 aliphatic heterocycles. The standard InChI is InChI=1S/C24H32N2O7/c1-28-13-14-30-15-16-31-17-18-32-21-7-8-23(26-9-11-29-12-10-26)22(19-21)25-24(27)33-20-5-3-2-4-6-20/h2-8,19H,9-18H2,1H3,(H,25,27). The highest BCUT2D eigenvalue weighted by Crippen LogP contribution is 2.31. The third-order valence-electron chi connectivity index (χ3n) is 4.81. The molecule has 0 radical (unpaired) electrons. The van der Waals surface area contributed by atoms with Gasteiger partial charge in [-0.2, -0.15) is 0 Å². The Bertz CT molecular complexity index is 829. The van der Waals surface area contributed by atoms with Crippen LogP contribution in [0.3, 0.4) is 0 Å². The van der Waals surface area contributed by atoms with Crippen molar-refractivity contribution in [2.45, 2.75) is 0 Å². The van der Waals surface area contributed by atoms with Crippen molar-refractivity contribution >= 4 is 17.5 Å². The Hall–Kier alpha value is -2.85. The summed E-state index contributed by atoms with van der Waals surface area (Å²) in [5.74, 6) is 1.10. The number of nitrogens with one attached hydrogen (secondary N) is 1. The summed E-state index contributed by atoms with van der Waals surface area (Å²) >= 11 is 0. The molecular weight excluding hydrogens is 428 g/mol. The number of carbonyl (C=O) groups is 1. The molecule has 0 unspecified atom stereocenters. The Morgan fingerprint density at radius 1 is 0.909 bits per heavy atom. The first-order valence-electron chi connectivity index (χ1n) is 11.0. The van der Waals surface area contributed by atoms with Crippen LogP contribution in [-0.2, 0) is 18.9 Å². The van der Waals surface area contributed by atoms with Crippen molar-refractivity contribution in [1.82, 2.24) is 0 Å². The van der Waals surface area contributed by atoms with Gasteiger partial charge in [-0.05, 0) is 24.3 Å². The molecule has 1 N–H and O–H groups in total. The van der Waals surface area contributed by atoms with E-state index >= 15 is 0 Å². The van der Waals surface area contributed by atoms with Gasteiger partial charge in [0.05, 0.1) is 57.6 Å². The second kappa shape index (κ2) is 14.3. The van der Waals surface area contributed by atoms with Gasteiger partial charge in [0, 0.05) is 26.3 Å². The first-order chi connectivity index (χ1) is 16.3. The zero-order valence-corrected chi connectivity index (χ0v) is 19.0. The Morgan fingerprint density at radius 3 is 2.33 bits per heavy atom. The summed E-state index contributed by atoms with van der Waals surface area (Å²) in [6.45, 7) is 5.67. The average molecular weight is 461 g/mol.